The normalized spacial score (nSPS) is 16.0. The van der Waals surface area contributed by atoms with Crippen LogP contribution in [0.4, 0.5) is 0 Å². The topological polar surface area (TPSA) is 71.0 Å². The van der Waals surface area contributed by atoms with Crippen molar-refractivity contribution in [1.82, 2.24) is 20.5 Å². The third-order valence-corrected chi connectivity index (χ3v) is 6.37. The predicted octanol–water partition coefficient (Wildman–Crippen LogP) is 3.63. The van der Waals surface area contributed by atoms with E-state index in [2.05, 4.69) is 56.9 Å². The Morgan fingerprint density at radius 3 is 2.52 bits per heavy atom. The molecule has 9 heteroatoms. The lowest BCUT2D eigenvalue weighted by atomic mass is 10.0. The first-order valence-corrected chi connectivity index (χ1v) is 11.3. The third kappa shape index (κ3) is 7.58. The average molecular weight is 560 g/mol. The van der Waals surface area contributed by atoms with E-state index in [1.54, 1.807) is 25.5 Å². The second-order valence-corrected chi connectivity index (χ2v) is 8.47. The summed E-state index contributed by atoms with van der Waals surface area (Å²) in [5.41, 5.74) is 2.30. The number of benzene rings is 1. The van der Waals surface area contributed by atoms with Gasteiger partial charge in [0, 0.05) is 38.0 Å². The quantitative estimate of drug-likeness (QED) is 0.293. The second kappa shape index (κ2) is 13.2. The summed E-state index contributed by atoms with van der Waals surface area (Å²) < 4.78 is 10.9. The highest BCUT2D eigenvalue weighted by Crippen LogP contribution is 2.24. The lowest BCUT2D eigenvalue weighted by molar-refractivity contribution is 0.0170. The van der Waals surface area contributed by atoms with Gasteiger partial charge in [0.2, 0.25) is 0 Å². The van der Waals surface area contributed by atoms with Crippen molar-refractivity contribution < 1.29 is 9.47 Å². The number of hydrogen-bond acceptors (Lipinski definition) is 6. The molecule has 0 saturated carbocycles. The van der Waals surface area contributed by atoms with Crippen molar-refractivity contribution in [1.29, 1.82) is 0 Å². The van der Waals surface area contributed by atoms with Gasteiger partial charge < -0.3 is 20.1 Å². The van der Waals surface area contributed by atoms with Crippen LogP contribution in [0.2, 0.25) is 0 Å². The van der Waals surface area contributed by atoms with E-state index in [9.17, 15) is 0 Å². The zero-order chi connectivity index (χ0) is 21.3. The molecule has 172 valence electrons. The number of nitrogens with zero attached hydrogens (tertiary/aromatic N) is 3. The van der Waals surface area contributed by atoms with Gasteiger partial charge >= 0.3 is 0 Å². The smallest absolute Gasteiger partial charge is 0.191 e. The van der Waals surface area contributed by atoms with Crippen LogP contribution in [0.5, 0.6) is 5.75 Å². The highest BCUT2D eigenvalue weighted by Gasteiger charge is 2.23. The number of methoxy groups -OCH3 is 1. The molecule has 7 nitrogen and oxygen atoms in total. The van der Waals surface area contributed by atoms with Crippen molar-refractivity contribution in [3.05, 3.63) is 45.9 Å². The van der Waals surface area contributed by atoms with E-state index in [1.807, 2.05) is 12.1 Å². The van der Waals surface area contributed by atoms with Crippen LogP contribution in [0.1, 0.15) is 42.1 Å². The van der Waals surface area contributed by atoms with E-state index in [4.69, 9.17) is 9.47 Å². The van der Waals surface area contributed by atoms with Crippen molar-refractivity contribution in [2.24, 2.45) is 4.99 Å². The van der Waals surface area contributed by atoms with E-state index in [1.165, 1.54) is 10.6 Å². The van der Waals surface area contributed by atoms with Crippen LogP contribution in [-0.4, -0.2) is 62.8 Å². The summed E-state index contributed by atoms with van der Waals surface area (Å²) in [7, 11) is 3.49. The van der Waals surface area contributed by atoms with Crippen LogP contribution in [0.15, 0.2) is 34.6 Å². The molecule has 1 aromatic carbocycles. The maximum Gasteiger partial charge on any atom is 0.191 e. The van der Waals surface area contributed by atoms with Gasteiger partial charge in [0.25, 0.3) is 0 Å². The molecule has 1 aromatic heterocycles. The average Bonchev–Trinajstić information content (AvgIpc) is 3.26. The SMILES string of the molecule is CN=C(NCc1csc(C(C)C)n1)NCC(c1ccc(OC)cc1)N1CCOCC1.I. The molecular weight excluding hydrogens is 525 g/mol. The summed E-state index contributed by atoms with van der Waals surface area (Å²) in [6.45, 7) is 9.11. The lowest BCUT2D eigenvalue weighted by Crippen LogP contribution is -2.46. The van der Waals surface area contributed by atoms with E-state index in [0.29, 0.717) is 12.5 Å². The third-order valence-electron chi connectivity index (χ3n) is 5.17. The number of rotatable bonds is 8. The zero-order valence-corrected chi connectivity index (χ0v) is 21.9. The predicted molar refractivity (Wildman–Crippen MR) is 138 cm³/mol. The van der Waals surface area contributed by atoms with E-state index in [-0.39, 0.29) is 30.0 Å². The zero-order valence-electron chi connectivity index (χ0n) is 18.8. The summed E-state index contributed by atoms with van der Waals surface area (Å²) in [5, 5.41) is 10.2. The molecule has 1 fully saturated rings. The van der Waals surface area contributed by atoms with Crippen LogP contribution in [-0.2, 0) is 11.3 Å². The molecule has 1 atom stereocenters. The number of aliphatic imine (C=N–C) groups is 1. The molecule has 1 aliphatic rings. The molecule has 0 radical (unpaired) electrons. The van der Waals surface area contributed by atoms with Crippen LogP contribution in [0, 0.1) is 0 Å². The summed E-state index contributed by atoms with van der Waals surface area (Å²) >= 11 is 1.71. The van der Waals surface area contributed by atoms with Crippen molar-refractivity contribution in [3.63, 3.8) is 0 Å². The number of nitrogens with one attached hydrogen (secondary N) is 2. The number of hydrogen-bond donors (Lipinski definition) is 2. The molecule has 1 aliphatic heterocycles. The highest BCUT2D eigenvalue weighted by molar-refractivity contribution is 14.0. The van der Waals surface area contributed by atoms with Crippen molar-refractivity contribution >= 4 is 41.3 Å². The molecule has 0 spiro atoms. The first kappa shape index (κ1) is 25.8. The van der Waals surface area contributed by atoms with Gasteiger partial charge in [-0.25, -0.2) is 4.98 Å². The Morgan fingerprint density at radius 2 is 1.94 bits per heavy atom. The van der Waals surface area contributed by atoms with Gasteiger partial charge in [-0.15, -0.1) is 35.3 Å². The molecule has 0 bridgehead atoms. The van der Waals surface area contributed by atoms with Crippen molar-refractivity contribution in [2.75, 3.05) is 47.0 Å². The summed E-state index contributed by atoms with van der Waals surface area (Å²) in [4.78, 5) is 11.5. The standard InChI is InChI=1S/C22H33N5O2S.HI/c1-16(2)21-26-18(15-30-21)13-24-22(23-3)25-14-20(27-9-11-29-12-10-27)17-5-7-19(28-4)8-6-17;/h5-8,15-16,20H,9-14H2,1-4H3,(H2,23,24,25);1H. The minimum Gasteiger partial charge on any atom is -0.497 e. The summed E-state index contributed by atoms with van der Waals surface area (Å²) in [6, 6.07) is 8.54. The molecule has 2 N–H and O–H groups in total. The first-order chi connectivity index (χ1) is 14.6. The number of thiazole rings is 1. The number of halogens is 1. The number of ether oxygens (including phenoxy) is 2. The van der Waals surface area contributed by atoms with Crippen molar-refractivity contribution in [2.45, 2.75) is 32.4 Å². The Kier molecular flexibility index (Phi) is 11.0. The first-order valence-electron chi connectivity index (χ1n) is 10.4. The highest BCUT2D eigenvalue weighted by atomic mass is 127. The van der Waals surface area contributed by atoms with Gasteiger partial charge in [-0.2, -0.15) is 0 Å². The van der Waals surface area contributed by atoms with Gasteiger partial charge in [-0.1, -0.05) is 26.0 Å². The molecule has 2 aromatic rings. The summed E-state index contributed by atoms with van der Waals surface area (Å²) in [6.07, 6.45) is 0. The Balaban J connectivity index is 0.00000341. The van der Waals surface area contributed by atoms with Crippen molar-refractivity contribution in [3.8, 4) is 5.75 Å². The number of morpholine rings is 1. The van der Waals surface area contributed by atoms with E-state index < -0.39 is 0 Å². The largest absolute Gasteiger partial charge is 0.497 e. The molecule has 2 heterocycles. The molecule has 3 rings (SSSR count). The van der Waals surface area contributed by atoms with Gasteiger partial charge in [-0.05, 0) is 17.7 Å². The van der Waals surface area contributed by atoms with Gasteiger partial charge in [0.05, 0.1) is 43.6 Å². The molecule has 31 heavy (non-hydrogen) atoms. The monoisotopic (exact) mass is 559 g/mol. The fourth-order valence-corrected chi connectivity index (χ4v) is 4.27. The van der Waals surface area contributed by atoms with E-state index >= 15 is 0 Å². The minimum atomic E-state index is 0. The Hall–Kier alpha value is -1.43. The van der Waals surface area contributed by atoms with Gasteiger partial charge in [-0.3, -0.25) is 9.89 Å². The lowest BCUT2D eigenvalue weighted by Gasteiger charge is -2.35. The molecule has 1 saturated heterocycles. The van der Waals surface area contributed by atoms with Crippen LogP contribution >= 0.6 is 35.3 Å². The number of aromatic nitrogens is 1. The van der Waals surface area contributed by atoms with Crippen LogP contribution < -0.4 is 15.4 Å². The Morgan fingerprint density at radius 1 is 1.23 bits per heavy atom. The van der Waals surface area contributed by atoms with Crippen LogP contribution in [0.25, 0.3) is 0 Å². The minimum absolute atomic E-state index is 0. The fraction of sp³-hybridized carbons (Fsp3) is 0.545. The molecule has 0 aliphatic carbocycles. The second-order valence-electron chi connectivity index (χ2n) is 7.58. The summed E-state index contributed by atoms with van der Waals surface area (Å²) in [5.74, 6) is 2.11. The van der Waals surface area contributed by atoms with Crippen LogP contribution in [0.3, 0.4) is 0 Å². The fourth-order valence-electron chi connectivity index (χ4n) is 3.43. The van der Waals surface area contributed by atoms with Gasteiger partial charge in [0.1, 0.15) is 5.75 Å². The van der Waals surface area contributed by atoms with Gasteiger partial charge in [0.15, 0.2) is 5.96 Å². The number of guanidine groups is 1. The molecular formula is C22H34IN5O2S. The Bertz CT molecular complexity index is 806. The van der Waals surface area contributed by atoms with E-state index in [0.717, 1.165) is 50.3 Å². The maximum atomic E-state index is 5.55. The maximum absolute atomic E-state index is 5.55. The molecule has 0 amide bonds. The molecule has 1 unspecified atom stereocenters. The Labute approximate surface area is 206 Å².